The van der Waals surface area contributed by atoms with E-state index < -0.39 is 34.8 Å². The number of hydrogen-bond acceptors (Lipinski definition) is 5. The van der Waals surface area contributed by atoms with E-state index in [2.05, 4.69) is 0 Å². The Balaban J connectivity index is 2.08. The van der Waals surface area contributed by atoms with Crippen LogP contribution in [0.4, 0.5) is 0 Å². The summed E-state index contributed by atoms with van der Waals surface area (Å²) in [6.07, 6.45) is 2.14. The fourth-order valence-corrected chi connectivity index (χ4v) is 2.94. The van der Waals surface area contributed by atoms with Gasteiger partial charge in [-0.3, -0.25) is 9.59 Å². The molecule has 2 aliphatic heterocycles. The van der Waals surface area contributed by atoms with Gasteiger partial charge in [0.1, 0.15) is 5.56 Å². The van der Waals surface area contributed by atoms with Crippen LogP contribution in [0.15, 0.2) is 11.0 Å². The predicted octanol–water partition coefficient (Wildman–Crippen LogP) is 0.233. The number of aromatic nitrogens is 1. The number of carbonyl (C=O) groups excluding carboxylic acids is 1. The van der Waals surface area contributed by atoms with Gasteiger partial charge in [-0.2, -0.15) is 0 Å². The van der Waals surface area contributed by atoms with E-state index in [1.165, 1.54) is 9.47 Å². The molecule has 2 atom stereocenters. The van der Waals surface area contributed by atoms with E-state index in [0.717, 1.165) is 12.6 Å². The molecule has 22 heavy (non-hydrogen) atoms. The van der Waals surface area contributed by atoms with Crippen molar-refractivity contribution in [1.29, 1.82) is 0 Å². The molecule has 3 rings (SSSR count). The number of hydrogen-bond donors (Lipinski definition) is 2. The Hall–Kier alpha value is -2.35. The smallest absolute Gasteiger partial charge is 0.341 e. The standard InChI is InChI=1S/C14H16N2O6/c1-2-7-3-4-16-9(22-7)6-15-5-8(14(20)21)11(17)12(18)10(15)13(16)19/h5,7,9,18H,2-4,6H2,1H3,(H,20,21)/t7-,9+/m1/s1. The van der Waals surface area contributed by atoms with Crippen LogP contribution >= 0.6 is 0 Å². The molecule has 0 unspecified atom stereocenters. The Labute approximate surface area is 125 Å². The Morgan fingerprint density at radius 1 is 1.45 bits per heavy atom. The van der Waals surface area contributed by atoms with Gasteiger partial charge in [0.2, 0.25) is 5.43 Å². The molecule has 2 aliphatic rings. The minimum Gasteiger partial charge on any atom is -0.503 e. The van der Waals surface area contributed by atoms with Gasteiger partial charge in [0.15, 0.2) is 17.7 Å². The summed E-state index contributed by atoms with van der Waals surface area (Å²) >= 11 is 0. The lowest BCUT2D eigenvalue weighted by Crippen LogP contribution is -2.55. The van der Waals surface area contributed by atoms with E-state index >= 15 is 0 Å². The third-order valence-electron chi connectivity index (χ3n) is 4.15. The Morgan fingerprint density at radius 2 is 2.18 bits per heavy atom. The van der Waals surface area contributed by atoms with Crippen molar-refractivity contribution in [3.8, 4) is 5.75 Å². The summed E-state index contributed by atoms with van der Waals surface area (Å²) in [5.74, 6) is -2.78. The second-order valence-corrected chi connectivity index (χ2v) is 5.43. The highest BCUT2D eigenvalue weighted by molar-refractivity contribution is 5.97. The maximum atomic E-state index is 12.5. The van der Waals surface area contributed by atoms with Crippen LogP contribution < -0.4 is 5.43 Å². The zero-order valence-corrected chi connectivity index (χ0v) is 12.0. The zero-order chi connectivity index (χ0) is 16.0. The molecule has 1 amide bonds. The lowest BCUT2D eigenvalue weighted by Gasteiger charge is -2.43. The van der Waals surface area contributed by atoms with Crippen LogP contribution in [0.2, 0.25) is 0 Å². The molecule has 8 heteroatoms. The van der Waals surface area contributed by atoms with E-state index in [4.69, 9.17) is 9.84 Å². The minimum atomic E-state index is -1.44. The van der Waals surface area contributed by atoms with E-state index in [9.17, 15) is 19.5 Å². The molecular formula is C14H16N2O6. The molecule has 3 heterocycles. The zero-order valence-electron chi connectivity index (χ0n) is 12.0. The molecule has 0 spiro atoms. The molecule has 0 bridgehead atoms. The summed E-state index contributed by atoms with van der Waals surface area (Å²) in [5, 5.41) is 19.0. The summed E-state index contributed by atoms with van der Waals surface area (Å²) in [7, 11) is 0. The van der Waals surface area contributed by atoms with Crippen LogP contribution in [0.1, 0.15) is 40.6 Å². The molecule has 118 valence electrons. The first-order chi connectivity index (χ1) is 10.4. The summed E-state index contributed by atoms with van der Waals surface area (Å²) in [5.41, 5.74) is -1.79. The first kappa shape index (κ1) is 14.6. The van der Waals surface area contributed by atoms with Crippen LogP contribution in [0.3, 0.4) is 0 Å². The summed E-state index contributed by atoms with van der Waals surface area (Å²) in [4.78, 5) is 36.9. The van der Waals surface area contributed by atoms with Gasteiger partial charge in [0.25, 0.3) is 5.91 Å². The van der Waals surface area contributed by atoms with Crippen molar-refractivity contribution < 1.29 is 24.5 Å². The van der Waals surface area contributed by atoms with Gasteiger partial charge in [-0.1, -0.05) is 6.92 Å². The Bertz CT molecular complexity index is 710. The number of carboxylic acids is 1. The molecule has 8 nitrogen and oxygen atoms in total. The molecule has 0 saturated carbocycles. The number of aromatic carboxylic acids is 1. The van der Waals surface area contributed by atoms with Gasteiger partial charge in [-0.15, -0.1) is 0 Å². The maximum absolute atomic E-state index is 12.5. The number of nitrogens with zero attached hydrogens (tertiary/aromatic N) is 2. The minimum absolute atomic E-state index is 0.0440. The number of ether oxygens (including phenoxy) is 1. The largest absolute Gasteiger partial charge is 0.503 e. The molecule has 2 N–H and O–H groups in total. The van der Waals surface area contributed by atoms with E-state index in [0.29, 0.717) is 13.0 Å². The fourth-order valence-electron chi connectivity index (χ4n) is 2.94. The predicted molar refractivity (Wildman–Crippen MR) is 73.9 cm³/mol. The van der Waals surface area contributed by atoms with Crippen molar-refractivity contribution in [2.45, 2.75) is 38.6 Å². The quantitative estimate of drug-likeness (QED) is 0.809. The Kier molecular flexibility index (Phi) is 3.40. The van der Waals surface area contributed by atoms with Gasteiger partial charge in [0, 0.05) is 12.7 Å². The molecular weight excluding hydrogens is 292 g/mol. The number of aromatic hydroxyl groups is 1. The summed E-state index contributed by atoms with van der Waals surface area (Å²) < 4.78 is 7.11. The fraction of sp³-hybridized carbons (Fsp3) is 0.500. The molecule has 0 radical (unpaired) electrons. The van der Waals surface area contributed by atoms with Crippen LogP contribution in [-0.2, 0) is 11.3 Å². The highest BCUT2D eigenvalue weighted by Crippen LogP contribution is 2.28. The molecule has 1 aromatic heterocycles. The molecule has 0 aliphatic carbocycles. The van der Waals surface area contributed by atoms with Crippen LogP contribution in [0.5, 0.6) is 5.75 Å². The van der Waals surface area contributed by atoms with Gasteiger partial charge < -0.3 is 24.4 Å². The first-order valence-corrected chi connectivity index (χ1v) is 7.10. The van der Waals surface area contributed by atoms with Crippen molar-refractivity contribution in [3.63, 3.8) is 0 Å². The van der Waals surface area contributed by atoms with Gasteiger partial charge in [-0.25, -0.2) is 4.79 Å². The van der Waals surface area contributed by atoms with Crippen LogP contribution in [0, 0.1) is 0 Å². The maximum Gasteiger partial charge on any atom is 0.341 e. The monoisotopic (exact) mass is 308 g/mol. The van der Waals surface area contributed by atoms with Gasteiger partial charge in [-0.05, 0) is 12.8 Å². The lowest BCUT2D eigenvalue weighted by atomic mass is 10.1. The number of fused-ring (bicyclic) bond motifs is 2. The normalized spacial score (nSPS) is 23.9. The van der Waals surface area contributed by atoms with E-state index in [-0.39, 0.29) is 18.3 Å². The van der Waals surface area contributed by atoms with Crippen molar-refractivity contribution in [2.24, 2.45) is 0 Å². The molecule has 0 aromatic carbocycles. The van der Waals surface area contributed by atoms with Crippen LogP contribution in [0.25, 0.3) is 0 Å². The second kappa shape index (κ2) is 5.13. The van der Waals surface area contributed by atoms with E-state index in [1.807, 2.05) is 6.92 Å². The van der Waals surface area contributed by atoms with E-state index in [1.54, 1.807) is 0 Å². The summed E-state index contributed by atoms with van der Waals surface area (Å²) in [6.45, 7) is 2.66. The number of carbonyl (C=O) groups is 2. The molecule has 1 aromatic rings. The number of pyridine rings is 1. The Morgan fingerprint density at radius 3 is 2.82 bits per heavy atom. The highest BCUT2D eigenvalue weighted by Gasteiger charge is 2.39. The average molecular weight is 308 g/mol. The van der Waals surface area contributed by atoms with Crippen molar-refractivity contribution >= 4 is 11.9 Å². The third-order valence-corrected chi connectivity index (χ3v) is 4.15. The first-order valence-electron chi connectivity index (χ1n) is 7.10. The summed E-state index contributed by atoms with van der Waals surface area (Å²) in [6, 6.07) is 0. The topological polar surface area (TPSA) is 109 Å². The molecule has 1 saturated heterocycles. The average Bonchev–Trinajstić information content (AvgIpc) is 2.49. The molecule has 1 fully saturated rings. The number of rotatable bonds is 2. The lowest BCUT2D eigenvalue weighted by molar-refractivity contribution is -0.134. The van der Waals surface area contributed by atoms with Gasteiger partial charge >= 0.3 is 5.97 Å². The number of amides is 1. The van der Waals surface area contributed by atoms with Gasteiger partial charge in [0.05, 0.1) is 12.6 Å². The number of carboxylic acid groups (broad SMARTS) is 1. The van der Waals surface area contributed by atoms with Crippen molar-refractivity contribution in [2.75, 3.05) is 6.54 Å². The third kappa shape index (κ3) is 2.07. The van der Waals surface area contributed by atoms with Crippen molar-refractivity contribution in [1.82, 2.24) is 9.47 Å². The second-order valence-electron chi connectivity index (χ2n) is 5.43. The highest BCUT2D eigenvalue weighted by atomic mass is 16.5. The SMILES string of the molecule is CC[C@@H]1CCN2C(=O)c3c(O)c(=O)c(C(=O)O)cn3C[C@@H]2O1. The van der Waals surface area contributed by atoms with Crippen LogP contribution in [-0.4, -0.2) is 50.4 Å². The van der Waals surface area contributed by atoms with Crippen molar-refractivity contribution in [3.05, 3.63) is 27.7 Å².